The van der Waals surface area contributed by atoms with Crippen molar-refractivity contribution < 1.29 is 9.15 Å². The molecule has 7 heteroatoms. The van der Waals surface area contributed by atoms with E-state index < -0.39 is 0 Å². The largest absolute Gasteiger partial charge is 0.465 e. The Morgan fingerprint density at radius 3 is 2.88 bits per heavy atom. The zero-order valence-corrected chi connectivity index (χ0v) is 13.5. The summed E-state index contributed by atoms with van der Waals surface area (Å²) in [5.74, 6) is 1.92. The van der Waals surface area contributed by atoms with Crippen molar-refractivity contribution in [2.75, 3.05) is 13.2 Å². The molecule has 0 N–H and O–H groups in total. The van der Waals surface area contributed by atoms with Gasteiger partial charge >= 0.3 is 6.01 Å². The number of aryl methyl sites for hydroxylation is 1. The molecule has 0 amide bonds. The van der Waals surface area contributed by atoms with Gasteiger partial charge in [-0.1, -0.05) is 0 Å². The topological polar surface area (TPSA) is 69.2 Å². The van der Waals surface area contributed by atoms with E-state index in [1.54, 1.807) is 18.5 Å². The highest BCUT2D eigenvalue weighted by atomic mass is 16.5. The van der Waals surface area contributed by atoms with E-state index in [9.17, 15) is 0 Å². The van der Waals surface area contributed by atoms with Gasteiger partial charge in [-0.05, 0) is 31.2 Å². The van der Waals surface area contributed by atoms with Gasteiger partial charge in [0.1, 0.15) is 18.1 Å². The summed E-state index contributed by atoms with van der Waals surface area (Å²) in [4.78, 5) is 10.6. The first-order valence-corrected chi connectivity index (χ1v) is 7.98. The van der Waals surface area contributed by atoms with Crippen LogP contribution in [0, 0.1) is 6.92 Å². The first-order chi connectivity index (χ1) is 11.8. The lowest BCUT2D eigenvalue weighted by Gasteiger charge is -2.33. The Balaban J connectivity index is 1.46. The molecule has 4 rings (SSSR count). The Bertz CT molecular complexity index is 798. The van der Waals surface area contributed by atoms with Gasteiger partial charge in [-0.15, -0.1) is 0 Å². The maximum Gasteiger partial charge on any atom is 0.316 e. The number of nitrogens with zero attached hydrogens (tertiary/aromatic N) is 5. The van der Waals surface area contributed by atoms with E-state index in [-0.39, 0.29) is 6.04 Å². The molecule has 3 aromatic rings. The molecule has 3 aromatic heterocycles. The number of rotatable bonds is 5. The Morgan fingerprint density at radius 2 is 2.08 bits per heavy atom. The van der Waals surface area contributed by atoms with E-state index >= 15 is 0 Å². The van der Waals surface area contributed by atoms with Gasteiger partial charge in [0.05, 0.1) is 18.3 Å². The third-order valence-electron chi connectivity index (χ3n) is 4.08. The van der Waals surface area contributed by atoms with Crippen molar-refractivity contribution in [3.05, 3.63) is 60.1 Å². The van der Waals surface area contributed by atoms with Crippen LogP contribution in [0.15, 0.2) is 47.3 Å². The minimum atomic E-state index is 0.114. The minimum absolute atomic E-state index is 0.114. The SMILES string of the molecule is Cc1ccc(CN2Cc3ccnn3C(COc3ncccn3)C2)o1. The zero-order valence-electron chi connectivity index (χ0n) is 13.5. The van der Waals surface area contributed by atoms with Gasteiger partial charge in [0.2, 0.25) is 0 Å². The number of fused-ring (bicyclic) bond motifs is 1. The standard InChI is InChI=1S/C17H19N5O2/c1-13-3-4-16(24-13)11-21-9-14-5-8-20-22(14)15(10-21)12-23-17-18-6-2-7-19-17/h2-8,15H,9-12H2,1H3. The highest BCUT2D eigenvalue weighted by Gasteiger charge is 2.26. The van der Waals surface area contributed by atoms with Gasteiger partial charge in [0.15, 0.2) is 0 Å². The lowest BCUT2D eigenvalue weighted by atomic mass is 10.2. The molecule has 0 aliphatic carbocycles. The fourth-order valence-electron chi connectivity index (χ4n) is 3.03. The lowest BCUT2D eigenvalue weighted by molar-refractivity contribution is 0.117. The second-order valence-electron chi connectivity index (χ2n) is 5.95. The van der Waals surface area contributed by atoms with Crippen molar-refractivity contribution in [3.63, 3.8) is 0 Å². The molecule has 0 bridgehead atoms. The highest BCUT2D eigenvalue weighted by molar-refractivity contribution is 5.09. The van der Waals surface area contributed by atoms with Crippen LogP contribution in [-0.2, 0) is 13.1 Å². The summed E-state index contributed by atoms with van der Waals surface area (Å²) in [6.45, 7) is 4.90. The molecule has 124 valence electrons. The molecule has 1 aliphatic heterocycles. The van der Waals surface area contributed by atoms with Crippen LogP contribution in [0.3, 0.4) is 0 Å². The molecule has 1 atom stereocenters. The summed E-state index contributed by atoms with van der Waals surface area (Å²) in [6.07, 6.45) is 5.18. The average molecular weight is 325 g/mol. The maximum atomic E-state index is 5.74. The second kappa shape index (κ2) is 6.45. The molecule has 1 aliphatic rings. The molecule has 7 nitrogen and oxygen atoms in total. The van der Waals surface area contributed by atoms with E-state index in [4.69, 9.17) is 9.15 Å². The van der Waals surface area contributed by atoms with Crippen LogP contribution in [0.1, 0.15) is 23.3 Å². The summed E-state index contributed by atoms with van der Waals surface area (Å²) in [5.41, 5.74) is 1.17. The average Bonchev–Trinajstić information content (AvgIpc) is 3.22. The van der Waals surface area contributed by atoms with Crippen molar-refractivity contribution in [2.24, 2.45) is 0 Å². The van der Waals surface area contributed by atoms with Crippen molar-refractivity contribution in [1.29, 1.82) is 0 Å². The predicted octanol–water partition coefficient (Wildman–Crippen LogP) is 2.21. The molecule has 1 unspecified atom stereocenters. The summed E-state index contributed by atoms with van der Waals surface area (Å²) >= 11 is 0. The van der Waals surface area contributed by atoms with Crippen LogP contribution < -0.4 is 4.74 Å². The number of hydrogen-bond acceptors (Lipinski definition) is 6. The van der Waals surface area contributed by atoms with E-state index in [2.05, 4.69) is 20.0 Å². The van der Waals surface area contributed by atoms with Gasteiger partial charge < -0.3 is 9.15 Å². The molecule has 0 saturated heterocycles. The molecule has 4 heterocycles. The summed E-state index contributed by atoms with van der Waals surface area (Å²) in [5, 5.41) is 4.44. The predicted molar refractivity (Wildman–Crippen MR) is 86.4 cm³/mol. The molecule has 0 aromatic carbocycles. The maximum absolute atomic E-state index is 5.74. The van der Waals surface area contributed by atoms with Gasteiger partial charge in [-0.2, -0.15) is 5.10 Å². The van der Waals surface area contributed by atoms with Crippen LogP contribution >= 0.6 is 0 Å². The number of ether oxygens (including phenoxy) is 1. The third-order valence-corrected chi connectivity index (χ3v) is 4.08. The molecule has 0 radical (unpaired) electrons. The Kier molecular flexibility index (Phi) is 4.00. The van der Waals surface area contributed by atoms with E-state index in [1.807, 2.05) is 36.0 Å². The van der Waals surface area contributed by atoms with E-state index in [0.29, 0.717) is 12.6 Å². The number of hydrogen-bond donors (Lipinski definition) is 0. The van der Waals surface area contributed by atoms with Crippen LogP contribution in [0.2, 0.25) is 0 Å². The molecule has 24 heavy (non-hydrogen) atoms. The van der Waals surface area contributed by atoms with Crippen LogP contribution in [-0.4, -0.2) is 37.8 Å². The van der Waals surface area contributed by atoms with Crippen molar-refractivity contribution in [3.8, 4) is 6.01 Å². The normalized spacial score (nSPS) is 17.6. The minimum Gasteiger partial charge on any atom is -0.465 e. The first-order valence-electron chi connectivity index (χ1n) is 7.98. The molecular formula is C17H19N5O2. The van der Waals surface area contributed by atoms with E-state index in [0.717, 1.165) is 31.2 Å². The van der Waals surface area contributed by atoms with Gasteiger partial charge in [-0.25, -0.2) is 9.97 Å². The number of aromatic nitrogens is 4. The smallest absolute Gasteiger partial charge is 0.316 e. The zero-order chi connectivity index (χ0) is 16.4. The van der Waals surface area contributed by atoms with Crippen LogP contribution in [0.25, 0.3) is 0 Å². The Morgan fingerprint density at radius 1 is 1.21 bits per heavy atom. The summed E-state index contributed by atoms with van der Waals surface area (Å²) in [7, 11) is 0. The number of furan rings is 1. The monoisotopic (exact) mass is 325 g/mol. The van der Waals surface area contributed by atoms with Crippen molar-refractivity contribution in [1.82, 2.24) is 24.6 Å². The highest BCUT2D eigenvalue weighted by Crippen LogP contribution is 2.23. The first kappa shape index (κ1) is 14.9. The van der Waals surface area contributed by atoms with Crippen molar-refractivity contribution >= 4 is 0 Å². The van der Waals surface area contributed by atoms with Gasteiger partial charge in [0, 0.05) is 31.7 Å². The van der Waals surface area contributed by atoms with Crippen LogP contribution in [0.5, 0.6) is 6.01 Å². The summed E-state index contributed by atoms with van der Waals surface area (Å²) < 4.78 is 13.5. The fraction of sp³-hybridized carbons (Fsp3) is 0.353. The molecular weight excluding hydrogens is 306 g/mol. The second-order valence-corrected chi connectivity index (χ2v) is 5.95. The fourth-order valence-corrected chi connectivity index (χ4v) is 3.03. The van der Waals surface area contributed by atoms with Gasteiger partial charge in [0.25, 0.3) is 0 Å². The van der Waals surface area contributed by atoms with Gasteiger partial charge in [-0.3, -0.25) is 9.58 Å². The van der Waals surface area contributed by atoms with E-state index in [1.165, 1.54) is 5.69 Å². The lowest BCUT2D eigenvalue weighted by Crippen LogP contribution is -2.39. The Labute approximate surface area is 139 Å². The molecule has 0 fully saturated rings. The van der Waals surface area contributed by atoms with Crippen molar-refractivity contribution in [2.45, 2.75) is 26.1 Å². The molecule has 0 spiro atoms. The third kappa shape index (κ3) is 3.16. The molecule has 0 saturated carbocycles. The summed E-state index contributed by atoms with van der Waals surface area (Å²) in [6, 6.07) is 8.35. The quantitative estimate of drug-likeness (QED) is 0.716. The Hall–Kier alpha value is -2.67. The van der Waals surface area contributed by atoms with Crippen LogP contribution in [0.4, 0.5) is 0 Å².